The van der Waals surface area contributed by atoms with Crippen molar-refractivity contribution in [2.45, 2.75) is 25.4 Å². The molecular formula is C19H16BrClO2. The molecular weight excluding hydrogens is 376 g/mol. The number of hydrogen-bond donors (Lipinski definition) is 0. The molecule has 0 aliphatic heterocycles. The molecule has 23 heavy (non-hydrogen) atoms. The number of benzene rings is 2. The average Bonchev–Trinajstić information content (AvgIpc) is 3.16. The number of carbonyl (C=O) groups is 1. The van der Waals surface area contributed by atoms with Gasteiger partial charge in [0, 0.05) is 15.6 Å². The summed E-state index contributed by atoms with van der Waals surface area (Å²) in [4.78, 5) is 12.6. The van der Waals surface area contributed by atoms with Crippen LogP contribution in [0.3, 0.4) is 0 Å². The zero-order valence-electron chi connectivity index (χ0n) is 12.5. The molecule has 0 bridgehead atoms. The molecule has 0 aromatic heterocycles. The van der Waals surface area contributed by atoms with Crippen molar-refractivity contribution in [3.8, 4) is 5.75 Å². The first-order valence-electron chi connectivity index (χ1n) is 7.86. The van der Waals surface area contributed by atoms with Gasteiger partial charge in [-0.3, -0.25) is 4.79 Å². The Hall–Kier alpha value is -1.32. The van der Waals surface area contributed by atoms with Gasteiger partial charge in [0.1, 0.15) is 5.75 Å². The van der Waals surface area contributed by atoms with Crippen LogP contribution >= 0.6 is 27.5 Å². The smallest absolute Gasteiger partial charge is 0.194 e. The molecule has 2 saturated carbocycles. The second-order valence-corrected chi connectivity index (χ2v) is 7.77. The molecule has 2 unspecified atom stereocenters. The van der Waals surface area contributed by atoms with Gasteiger partial charge in [-0.15, -0.1) is 0 Å². The number of rotatable bonds is 4. The lowest BCUT2D eigenvalue weighted by Crippen LogP contribution is -2.13. The lowest BCUT2D eigenvalue weighted by molar-refractivity contribution is 0.103. The number of ketones is 1. The molecule has 2 nitrogen and oxygen atoms in total. The molecule has 0 radical (unpaired) electrons. The third-order valence-electron chi connectivity index (χ3n) is 4.79. The summed E-state index contributed by atoms with van der Waals surface area (Å²) in [6.07, 6.45) is 4.10. The summed E-state index contributed by atoms with van der Waals surface area (Å²) >= 11 is 9.51. The first kappa shape index (κ1) is 15.2. The molecule has 4 rings (SSSR count). The van der Waals surface area contributed by atoms with E-state index in [1.807, 2.05) is 30.3 Å². The monoisotopic (exact) mass is 390 g/mol. The number of fused-ring (bicyclic) bond motifs is 1. The molecule has 0 spiro atoms. The summed E-state index contributed by atoms with van der Waals surface area (Å²) in [7, 11) is 0. The third-order valence-corrected chi connectivity index (χ3v) is 5.62. The molecule has 118 valence electrons. The van der Waals surface area contributed by atoms with Crippen LogP contribution in [0.5, 0.6) is 5.75 Å². The number of hydrogen-bond acceptors (Lipinski definition) is 2. The third kappa shape index (κ3) is 3.17. The molecule has 3 atom stereocenters. The number of carbonyl (C=O) groups excluding carboxylic acids is 1. The lowest BCUT2D eigenvalue weighted by Gasteiger charge is -2.15. The molecule has 0 N–H and O–H groups in total. The molecule has 0 amide bonds. The Morgan fingerprint density at radius 2 is 1.74 bits per heavy atom. The van der Waals surface area contributed by atoms with E-state index >= 15 is 0 Å². The Kier molecular flexibility index (Phi) is 3.94. The number of halogens is 2. The maximum atomic E-state index is 12.6. The van der Waals surface area contributed by atoms with Crippen molar-refractivity contribution in [3.63, 3.8) is 0 Å². The molecule has 2 aromatic carbocycles. The van der Waals surface area contributed by atoms with Crippen LogP contribution in [-0.4, -0.2) is 11.9 Å². The van der Waals surface area contributed by atoms with E-state index in [0.717, 1.165) is 22.1 Å². The van der Waals surface area contributed by atoms with Gasteiger partial charge >= 0.3 is 0 Å². The Balaban J connectivity index is 1.48. The van der Waals surface area contributed by atoms with Gasteiger partial charge in [-0.2, -0.15) is 0 Å². The van der Waals surface area contributed by atoms with E-state index in [0.29, 0.717) is 22.3 Å². The van der Waals surface area contributed by atoms with Gasteiger partial charge in [0.2, 0.25) is 0 Å². The van der Waals surface area contributed by atoms with Crippen LogP contribution in [0.1, 0.15) is 35.2 Å². The summed E-state index contributed by atoms with van der Waals surface area (Å²) < 4.78 is 6.85. The fraction of sp³-hybridized carbons (Fsp3) is 0.316. The van der Waals surface area contributed by atoms with Crippen LogP contribution in [0.25, 0.3) is 0 Å². The SMILES string of the molecule is O=C(c1ccc(OC2CC3C[C@H]3C2)cc1)c1cc(Br)ccc1Cl. The quantitative estimate of drug-likeness (QED) is 0.642. The maximum absolute atomic E-state index is 12.6. The zero-order valence-corrected chi connectivity index (χ0v) is 14.8. The van der Waals surface area contributed by atoms with Gasteiger partial charge in [-0.05, 0) is 73.6 Å². The van der Waals surface area contributed by atoms with Crippen molar-refractivity contribution < 1.29 is 9.53 Å². The van der Waals surface area contributed by atoms with Crippen LogP contribution in [0.4, 0.5) is 0 Å². The highest BCUT2D eigenvalue weighted by Crippen LogP contribution is 2.52. The van der Waals surface area contributed by atoms with E-state index in [1.54, 1.807) is 12.1 Å². The molecule has 2 fully saturated rings. The van der Waals surface area contributed by atoms with Gasteiger partial charge < -0.3 is 4.74 Å². The van der Waals surface area contributed by atoms with E-state index in [-0.39, 0.29) is 5.78 Å². The van der Waals surface area contributed by atoms with Crippen LogP contribution in [-0.2, 0) is 0 Å². The van der Waals surface area contributed by atoms with Crippen molar-refractivity contribution in [3.05, 3.63) is 63.1 Å². The summed E-state index contributed by atoms with van der Waals surface area (Å²) in [5, 5.41) is 0.462. The van der Waals surface area contributed by atoms with Crippen LogP contribution < -0.4 is 4.74 Å². The summed E-state index contributed by atoms with van der Waals surface area (Å²) in [5.41, 5.74) is 1.12. The summed E-state index contributed by atoms with van der Waals surface area (Å²) in [6.45, 7) is 0. The van der Waals surface area contributed by atoms with E-state index in [9.17, 15) is 4.79 Å². The van der Waals surface area contributed by atoms with E-state index in [2.05, 4.69) is 15.9 Å². The second kappa shape index (κ2) is 5.95. The van der Waals surface area contributed by atoms with Crippen LogP contribution in [0, 0.1) is 11.8 Å². The predicted molar refractivity (Wildman–Crippen MR) is 94.3 cm³/mol. The standard InChI is InChI=1S/C19H16BrClO2/c20-14-3-6-18(21)17(10-14)19(22)11-1-4-15(5-2-11)23-16-8-12-7-13(12)9-16/h1-6,10,12-13,16H,7-9H2/t12-,13?,16?/m0/s1. The number of ether oxygens (including phenoxy) is 1. The summed E-state index contributed by atoms with van der Waals surface area (Å²) in [6, 6.07) is 12.7. The van der Waals surface area contributed by atoms with Crippen molar-refractivity contribution >= 4 is 33.3 Å². The topological polar surface area (TPSA) is 26.3 Å². The van der Waals surface area contributed by atoms with E-state index in [1.165, 1.54) is 19.3 Å². The minimum absolute atomic E-state index is 0.0787. The molecule has 2 aromatic rings. The highest BCUT2D eigenvalue weighted by Gasteiger charge is 2.46. The molecule has 0 heterocycles. The Morgan fingerprint density at radius 1 is 1.04 bits per heavy atom. The molecule has 2 aliphatic rings. The first-order valence-corrected chi connectivity index (χ1v) is 9.04. The zero-order chi connectivity index (χ0) is 16.0. The highest BCUT2D eigenvalue weighted by atomic mass is 79.9. The fourth-order valence-corrected chi connectivity index (χ4v) is 4.02. The van der Waals surface area contributed by atoms with Gasteiger partial charge in [-0.1, -0.05) is 27.5 Å². The average molecular weight is 392 g/mol. The Morgan fingerprint density at radius 3 is 2.43 bits per heavy atom. The minimum Gasteiger partial charge on any atom is -0.490 e. The Labute approximate surface area is 148 Å². The van der Waals surface area contributed by atoms with E-state index < -0.39 is 0 Å². The predicted octanol–water partition coefficient (Wildman–Crippen LogP) is 5.51. The van der Waals surface area contributed by atoms with Crippen molar-refractivity contribution in [1.82, 2.24) is 0 Å². The normalized spacial score (nSPS) is 25.0. The van der Waals surface area contributed by atoms with Gasteiger partial charge in [0.15, 0.2) is 5.78 Å². The minimum atomic E-state index is -0.0787. The summed E-state index contributed by atoms with van der Waals surface area (Å²) in [5.74, 6) is 2.57. The van der Waals surface area contributed by atoms with Crippen LogP contribution in [0.15, 0.2) is 46.9 Å². The Bertz CT molecular complexity index is 746. The van der Waals surface area contributed by atoms with Crippen molar-refractivity contribution in [2.75, 3.05) is 0 Å². The molecule has 0 saturated heterocycles. The van der Waals surface area contributed by atoms with Gasteiger partial charge in [-0.25, -0.2) is 0 Å². The first-order chi connectivity index (χ1) is 11.1. The van der Waals surface area contributed by atoms with E-state index in [4.69, 9.17) is 16.3 Å². The molecule has 2 aliphatic carbocycles. The van der Waals surface area contributed by atoms with Gasteiger partial charge in [0.05, 0.1) is 11.1 Å². The maximum Gasteiger partial charge on any atom is 0.194 e. The fourth-order valence-electron chi connectivity index (χ4n) is 3.46. The molecule has 4 heteroatoms. The van der Waals surface area contributed by atoms with Crippen LogP contribution in [0.2, 0.25) is 5.02 Å². The highest BCUT2D eigenvalue weighted by molar-refractivity contribution is 9.10. The van der Waals surface area contributed by atoms with Crippen molar-refractivity contribution in [2.24, 2.45) is 11.8 Å². The lowest BCUT2D eigenvalue weighted by atomic mass is 10.0. The van der Waals surface area contributed by atoms with Crippen molar-refractivity contribution in [1.29, 1.82) is 0 Å². The second-order valence-electron chi connectivity index (χ2n) is 6.44. The largest absolute Gasteiger partial charge is 0.490 e. The van der Waals surface area contributed by atoms with Gasteiger partial charge in [0.25, 0.3) is 0 Å².